The van der Waals surface area contributed by atoms with E-state index in [2.05, 4.69) is 5.32 Å². The summed E-state index contributed by atoms with van der Waals surface area (Å²) in [5.41, 5.74) is 1.39. The molecule has 3 rings (SSSR count). The summed E-state index contributed by atoms with van der Waals surface area (Å²) < 4.78 is 48.4. The second kappa shape index (κ2) is 8.77. The van der Waals surface area contributed by atoms with Crippen molar-refractivity contribution >= 4 is 17.4 Å². The van der Waals surface area contributed by atoms with E-state index in [0.29, 0.717) is 23.4 Å². The van der Waals surface area contributed by atoms with Gasteiger partial charge in [-0.1, -0.05) is 18.2 Å². The molecule has 8 heteroatoms. The average molecular weight is 421 g/mol. The third-order valence-corrected chi connectivity index (χ3v) is 5.22. The van der Waals surface area contributed by atoms with Crippen LogP contribution in [0, 0.1) is 5.92 Å². The van der Waals surface area contributed by atoms with Crippen molar-refractivity contribution in [2.24, 2.45) is 5.92 Å². The number of fused-ring (bicyclic) bond motifs is 1. The molecule has 0 aromatic heterocycles. The summed E-state index contributed by atoms with van der Waals surface area (Å²) in [5, 5.41) is 3.19. The maximum atomic E-state index is 13.2. The Morgan fingerprint density at radius 1 is 1.13 bits per heavy atom. The number of Topliss-reactive ketones (excluding diaryl/α,β-unsaturated/α-hetero) is 1. The molecule has 0 bridgehead atoms. The molecule has 0 radical (unpaired) electrons. The molecule has 1 heterocycles. The van der Waals surface area contributed by atoms with E-state index in [4.69, 9.17) is 9.47 Å². The molecule has 1 N–H and O–H groups in total. The number of methoxy groups -OCH3 is 2. The smallest absolute Gasteiger partial charge is 0.416 e. The molecule has 0 saturated carbocycles. The first-order chi connectivity index (χ1) is 14.2. The van der Waals surface area contributed by atoms with E-state index in [0.717, 1.165) is 17.7 Å². The number of anilines is 1. The average Bonchev–Trinajstić information content (AvgIpc) is 2.84. The number of halogens is 3. The zero-order chi connectivity index (χ0) is 21.9. The SMILES string of the molecule is COC(=O)CC1Cc2ccc(OC)cc2N[C@@H](Cc2ccc(C(F)(F)F)cc2)C1=O. The molecule has 0 amide bonds. The Hall–Kier alpha value is -3.03. The van der Waals surface area contributed by atoms with Crippen molar-refractivity contribution in [3.63, 3.8) is 0 Å². The molecule has 160 valence electrons. The molecule has 2 aromatic carbocycles. The number of hydrogen-bond donors (Lipinski definition) is 1. The lowest BCUT2D eigenvalue weighted by molar-refractivity contribution is -0.143. The molecule has 0 fully saturated rings. The summed E-state index contributed by atoms with van der Waals surface area (Å²) in [6.07, 6.45) is -3.95. The number of carbonyl (C=O) groups excluding carboxylic acids is 2. The van der Waals surface area contributed by atoms with Crippen molar-refractivity contribution < 1.29 is 32.2 Å². The highest BCUT2D eigenvalue weighted by atomic mass is 19.4. The molecule has 5 nitrogen and oxygen atoms in total. The number of rotatable bonds is 5. The maximum Gasteiger partial charge on any atom is 0.416 e. The second-order valence-corrected chi connectivity index (χ2v) is 7.20. The third-order valence-electron chi connectivity index (χ3n) is 5.22. The normalized spacial score (nSPS) is 18.8. The lowest BCUT2D eigenvalue weighted by atomic mass is 9.88. The fraction of sp³-hybridized carbons (Fsp3) is 0.364. The van der Waals surface area contributed by atoms with Crippen LogP contribution in [0.4, 0.5) is 18.9 Å². The third kappa shape index (κ3) is 4.93. The van der Waals surface area contributed by atoms with Crippen molar-refractivity contribution in [2.75, 3.05) is 19.5 Å². The van der Waals surface area contributed by atoms with Crippen LogP contribution in [-0.4, -0.2) is 32.0 Å². The van der Waals surface area contributed by atoms with Gasteiger partial charge in [-0.05, 0) is 42.2 Å². The van der Waals surface area contributed by atoms with Crippen LogP contribution in [0.5, 0.6) is 5.75 Å². The van der Waals surface area contributed by atoms with Crippen LogP contribution >= 0.6 is 0 Å². The van der Waals surface area contributed by atoms with Crippen LogP contribution in [0.2, 0.25) is 0 Å². The van der Waals surface area contributed by atoms with Crippen LogP contribution in [0.15, 0.2) is 42.5 Å². The molecule has 0 spiro atoms. The number of hydrogen-bond acceptors (Lipinski definition) is 5. The summed E-state index contributed by atoms with van der Waals surface area (Å²) in [5.74, 6) is -0.665. The highest BCUT2D eigenvalue weighted by Gasteiger charge is 2.34. The molecule has 0 saturated heterocycles. The molecule has 2 aromatic rings. The fourth-order valence-corrected chi connectivity index (χ4v) is 3.58. The van der Waals surface area contributed by atoms with E-state index in [1.807, 2.05) is 6.07 Å². The minimum Gasteiger partial charge on any atom is -0.497 e. The molecule has 2 atom stereocenters. The first-order valence-corrected chi connectivity index (χ1v) is 9.41. The Bertz CT molecular complexity index is 925. The standard InChI is InChI=1S/C22H22F3NO4/c1-29-17-8-5-14-10-15(11-20(27)30-2)21(28)19(26-18(14)12-17)9-13-3-6-16(7-4-13)22(23,24)25/h3-8,12,15,19,26H,9-11H2,1-2H3/t15?,19-/m0/s1. The zero-order valence-electron chi connectivity index (χ0n) is 16.6. The Balaban J connectivity index is 1.90. The number of nitrogens with one attached hydrogen (secondary N) is 1. The van der Waals surface area contributed by atoms with Gasteiger partial charge >= 0.3 is 12.1 Å². The van der Waals surface area contributed by atoms with Crippen LogP contribution in [0.1, 0.15) is 23.1 Å². The van der Waals surface area contributed by atoms with Gasteiger partial charge in [0.15, 0.2) is 5.78 Å². The molecule has 0 aliphatic carbocycles. The van der Waals surface area contributed by atoms with E-state index in [-0.39, 0.29) is 18.6 Å². The van der Waals surface area contributed by atoms with Gasteiger partial charge in [0, 0.05) is 17.7 Å². The highest BCUT2D eigenvalue weighted by molar-refractivity contribution is 5.93. The van der Waals surface area contributed by atoms with Gasteiger partial charge in [-0.25, -0.2) is 0 Å². The topological polar surface area (TPSA) is 64.6 Å². The van der Waals surface area contributed by atoms with Crippen LogP contribution in [0.3, 0.4) is 0 Å². The van der Waals surface area contributed by atoms with Crippen LogP contribution in [0.25, 0.3) is 0 Å². The van der Waals surface area contributed by atoms with Crippen molar-refractivity contribution in [3.8, 4) is 5.75 Å². The quantitative estimate of drug-likeness (QED) is 0.739. The van der Waals surface area contributed by atoms with Crippen molar-refractivity contribution in [1.82, 2.24) is 0 Å². The van der Waals surface area contributed by atoms with E-state index < -0.39 is 29.7 Å². The van der Waals surface area contributed by atoms with Crippen LogP contribution in [-0.2, 0) is 33.3 Å². The number of ketones is 1. The van der Waals surface area contributed by atoms with Gasteiger partial charge in [0.25, 0.3) is 0 Å². The van der Waals surface area contributed by atoms with Gasteiger partial charge in [0.1, 0.15) is 5.75 Å². The van der Waals surface area contributed by atoms with E-state index >= 15 is 0 Å². The lowest BCUT2D eigenvalue weighted by Crippen LogP contribution is -2.36. The zero-order valence-corrected chi connectivity index (χ0v) is 16.6. The number of benzene rings is 2. The number of carbonyl (C=O) groups is 2. The van der Waals surface area contributed by atoms with Gasteiger partial charge in [-0.15, -0.1) is 0 Å². The Morgan fingerprint density at radius 2 is 1.83 bits per heavy atom. The molecule has 30 heavy (non-hydrogen) atoms. The molecule has 1 unspecified atom stereocenters. The predicted octanol–water partition coefficient (Wildman–Crippen LogP) is 4.04. The van der Waals surface area contributed by atoms with E-state index in [1.54, 1.807) is 12.1 Å². The summed E-state index contributed by atoms with van der Waals surface area (Å²) in [6.45, 7) is 0. The van der Waals surface area contributed by atoms with Gasteiger partial charge in [0.2, 0.25) is 0 Å². The van der Waals surface area contributed by atoms with Gasteiger partial charge in [-0.3, -0.25) is 9.59 Å². The number of esters is 1. The first-order valence-electron chi connectivity index (χ1n) is 9.41. The monoisotopic (exact) mass is 421 g/mol. The van der Waals surface area contributed by atoms with Gasteiger partial charge in [-0.2, -0.15) is 13.2 Å². The summed E-state index contributed by atoms with van der Waals surface area (Å²) in [4.78, 5) is 25.0. The predicted molar refractivity (Wildman–Crippen MR) is 104 cm³/mol. The highest BCUT2D eigenvalue weighted by Crippen LogP contribution is 2.32. The van der Waals surface area contributed by atoms with E-state index in [9.17, 15) is 22.8 Å². The Kier molecular flexibility index (Phi) is 6.34. The maximum absolute atomic E-state index is 13.2. The van der Waals surface area contributed by atoms with Crippen molar-refractivity contribution in [3.05, 3.63) is 59.2 Å². The molecule has 1 aliphatic rings. The number of ether oxygens (including phenoxy) is 2. The minimum absolute atomic E-state index is 0.0635. The van der Waals surface area contributed by atoms with Crippen molar-refractivity contribution in [2.45, 2.75) is 31.5 Å². The summed E-state index contributed by atoms with van der Waals surface area (Å²) in [7, 11) is 2.80. The minimum atomic E-state index is -4.42. The second-order valence-electron chi connectivity index (χ2n) is 7.20. The number of alkyl halides is 3. The molecular formula is C22H22F3NO4. The first kappa shape index (κ1) is 21.7. The summed E-state index contributed by atoms with van der Waals surface area (Å²) in [6, 6.07) is 9.40. The van der Waals surface area contributed by atoms with Gasteiger partial charge in [0.05, 0.1) is 32.2 Å². The van der Waals surface area contributed by atoms with E-state index in [1.165, 1.54) is 26.4 Å². The Labute approximate surface area is 172 Å². The molecule has 1 aliphatic heterocycles. The Morgan fingerprint density at radius 3 is 2.43 bits per heavy atom. The fourth-order valence-electron chi connectivity index (χ4n) is 3.58. The lowest BCUT2D eigenvalue weighted by Gasteiger charge is -2.20. The largest absolute Gasteiger partial charge is 0.497 e. The van der Waals surface area contributed by atoms with Crippen LogP contribution < -0.4 is 10.1 Å². The van der Waals surface area contributed by atoms with Crippen molar-refractivity contribution in [1.29, 1.82) is 0 Å². The summed E-state index contributed by atoms with van der Waals surface area (Å²) >= 11 is 0. The van der Waals surface area contributed by atoms with Gasteiger partial charge < -0.3 is 14.8 Å². The molecular weight excluding hydrogens is 399 g/mol.